The number of pyridine rings is 1. The van der Waals surface area contributed by atoms with Crippen molar-refractivity contribution in [2.24, 2.45) is 5.41 Å². The van der Waals surface area contributed by atoms with Gasteiger partial charge in [0.05, 0.1) is 30.2 Å². The highest BCUT2D eigenvalue weighted by Crippen LogP contribution is 2.48. The summed E-state index contributed by atoms with van der Waals surface area (Å²) in [6, 6.07) is 3.16. The predicted octanol–water partition coefficient (Wildman–Crippen LogP) is 3.49. The fourth-order valence-corrected chi connectivity index (χ4v) is 2.48. The number of carbonyl (C=O) groups is 1. The average molecular weight is 331 g/mol. The van der Waals surface area contributed by atoms with Crippen LogP contribution in [0.1, 0.15) is 49.2 Å². The second kappa shape index (κ2) is 8.06. The van der Waals surface area contributed by atoms with Gasteiger partial charge in [-0.2, -0.15) is 0 Å². The van der Waals surface area contributed by atoms with Gasteiger partial charge in [-0.25, -0.2) is 9.78 Å². The standard InChI is InChI=1S/C18H25N3O3/c1-3-15-14(17(22)23)5-6-16(21-15)20-10-7-13(19)11-24-12-18(4-2)8-9-18/h5-7,10,19H,3-4,8-9,11-12H2,1-2H3,(H,20,21)(H,22,23)/b10-7-,19-13?. The van der Waals surface area contributed by atoms with Crippen LogP contribution in [-0.4, -0.2) is 35.0 Å². The van der Waals surface area contributed by atoms with Gasteiger partial charge in [-0.15, -0.1) is 0 Å². The second-order valence-corrected chi connectivity index (χ2v) is 6.20. The Hall–Kier alpha value is -2.21. The Labute approximate surface area is 142 Å². The third kappa shape index (κ3) is 4.89. The quantitative estimate of drug-likeness (QED) is 0.570. The van der Waals surface area contributed by atoms with Gasteiger partial charge in [0.15, 0.2) is 0 Å². The molecule has 0 bridgehead atoms. The van der Waals surface area contributed by atoms with E-state index in [2.05, 4.69) is 17.2 Å². The summed E-state index contributed by atoms with van der Waals surface area (Å²) in [6.07, 6.45) is 7.39. The summed E-state index contributed by atoms with van der Waals surface area (Å²) in [6.45, 7) is 5.07. The van der Waals surface area contributed by atoms with E-state index in [1.165, 1.54) is 12.8 Å². The lowest BCUT2D eigenvalue weighted by Gasteiger charge is -2.12. The Morgan fingerprint density at radius 2 is 2.21 bits per heavy atom. The van der Waals surface area contributed by atoms with Crippen molar-refractivity contribution in [3.8, 4) is 0 Å². The summed E-state index contributed by atoms with van der Waals surface area (Å²) in [5, 5.41) is 19.9. The minimum atomic E-state index is -0.971. The number of nitrogens with zero attached hydrogens (tertiary/aromatic N) is 1. The van der Waals surface area contributed by atoms with Crippen LogP contribution in [0.15, 0.2) is 24.4 Å². The zero-order valence-electron chi connectivity index (χ0n) is 14.3. The number of rotatable bonds is 10. The van der Waals surface area contributed by atoms with Gasteiger partial charge in [0, 0.05) is 6.20 Å². The summed E-state index contributed by atoms with van der Waals surface area (Å²) in [4.78, 5) is 15.4. The van der Waals surface area contributed by atoms with Gasteiger partial charge in [-0.05, 0) is 49.3 Å². The van der Waals surface area contributed by atoms with E-state index in [4.69, 9.17) is 15.3 Å². The van der Waals surface area contributed by atoms with E-state index in [9.17, 15) is 4.79 Å². The molecule has 1 aliphatic rings. The molecule has 0 aliphatic heterocycles. The summed E-state index contributed by atoms with van der Waals surface area (Å²) in [7, 11) is 0. The normalized spacial score (nSPS) is 15.4. The van der Waals surface area contributed by atoms with E-state index in [-0.39, 0.29) is 5.56 Å². The molecule has 0 unspecified atom stereocenters. The lowest BCUT2D eigenvalue weighted by molar-refractivity contribution is 0.0695. The van der Waals surface area contributed by atoms with Crippen molar-refractivity contribution in [2.75, 3.05) is 18.5 Å². The molecule has 0 radical (unpaired) electrons. The first-order valence-corrected chi connectivity index (χ1v) is 8.31. The monoisotopic (exact) mass is 331 g/mol. The molecule has 1 saturated carbocycles. The van der Waals surface area contributed by atoms with Crippen LogP contribution < -0.4 is 5.32 Å². The van der Waals surface area contributed by atoms with Crippen LogP contribution in [0.3, 0.4) is 0 Å². The van der Waals surface area contributed by atoms with Crippen LogP contribution >= 0.6 is 0 Å². The minimum Gasteiger partial charge on any atom is -0.478 e. The lowest BCUT2D eigenvalue weighted by atomic mass is 10.1. The molecule has 1 heterocycles. The molecule has 0 amide bonds. The van der Waals surface area contributed by atoms with E-state index < -0.39 is 5.97 Å². The zero-order valence-corrected chi connectivity index (χ0v) is 14.3. The fraction of sp³-hybridized carbons (Fsp3) is 0.500. The first-order valence-electron chi connectivity index (χ1n) is 8.31. The molecule has 130 valence electrons. The van der Waals surface area contributed by atoms with Crippen LogP contribution in [0.5, 0.6) is 0 Å². The van der Waals surface area contributed by atoms with Crippen LogP contribution in [-0.2, 0) is 11.2 Å². The van der Waals surface area contributed by atoms with Crippen molar-refractivity contribution in [1.82, 2.24) is 4.98 Å². The molecule has 6 heteroatoms. The number of anilines is 1. The van der Waals surface area contributed by atoms with Crippen LogP contribution in [0.4, 0.5) is 5.82 Å². The number of aryl methyl sites for hydroxylation is 1. The molecule has 0 atom stereocenters. The Balaban J connectivity index is 1.80. The first kappa shape index (κ1) is 18.1. The van der Waals surface area contributed by atoms with Crippen LogP contribution in [0, 0.1) is 10.8 Å². The van der Waals surface area contributed by atoms with Gasteiger partial charge in [-0.3, -0.25) is 0 Å². The van der Waals surface area contributed by atoms with Crippen LogP contribution in [0.25, 0.3) is 0 Å². The summed E-state index contributed by atoms with van der Waals surface area (Å²) in [5.41, 5.74) is 1.51. The molecular formula is C18H25N3O3. The number of hydrogen-bond acceptors (Lipinski definition) is 5. The Bertz CT molecular complexity index is 636. The van der Waals surface area contributed by atoms with E-state index in [0.717, 1.165) is 13.0 Å². The number of carboxylic acid groups (broad SMARTS) is 1. The zero-order chi connectivity index (χ0) is 17.6. The van der Waals surface area contributed by atoms with Gasteiger partial charge < -0.3 is 20.6 Å². The molecule has 1 fully saturated rings. The highest BCUT2D eigenvalue weighted by atomic mass is 16.5. The first-order chi connectivity index (χ1) is 11.5. The Kier molecular flexibility index (Phi) is 6.09. The number of nitrogens with one attached hydrogen (secondary N) is 2. The summed E-state index contributed by atoms with van der Waals surface area (Å²) < 4.78 is 5.61. The summed E-state index contributed by atoms with van der Waals surface area (Å²) >= 11 is 0. The smallest absolute Gasteiger partial charge is 0.337 e. The van der Waals surface area contributed by atoms with Crippen molar-refractivity contribution in [3.63, 3.8) is 0 Å². The third-order valence-electron chi connectivity index (χ3n) is 4.43. The molecule has 1 aliphatic carbocycles. The molecule has 0 saturated heterocycles. The molecule has 1 aromatic rings. The second-order valence-electron chi connectivity index (χ2n) is 6.20. The molecule has 6 nitrogen and oxygen atoms in total. The van der Waals surface area contributed by atoms with Gasteiger partial charge in [-0.1, -0.05) is 13.8 Å². The average Bonchev–Trinajstić information content (AvgIpc) is 3.35. The van der Waals surface area contributed by atoms with E-state index >= 15 is 0 Å². The van der Waals surface area contributed by atoms with Crippen molar-refractivity contribution in [1.29, 1.82) is 5.41 Å². The molecule has 2 rings (SSSR count). The maximum atomic E-state index is 11.1. The minimum absolute atomic E-state index is 0.220. The number of ether oxygens (including phenoxy) is 1. The van der Waals surface area contributed by atoms with Crippen molar-refractivity contribution in [3.05, 3.63) is 35.7 Å². The SMILES string of the molecule is CCc1nc(N/C=C\C(=N)COCC2(CC)CC2)ccc1C(=O)O. The van der Waals surface area contributed by atoms with Gasteiger partial charge >= 0.3 is 5.97 Å². The third-order valence-corrected chi connectivity index (χ3v) is 4.43. The lowest BCUT2D eigenvalue weighted by Crippen LogP contribution is -2.13. The van der Waals surface area contributed by atoms with Crippen molar-refractivity contribution < 1.29 is 14.6 Å². The van der Waals surface area contributed by atoms with Crippen molar-refractivity contribution in [2.45, 2.75) is 39.5 Å². The molecule has 3 N–H and O–H groups in total. The molecule has 24 heavy (non-hydrogen) atoms. The van der Waals surface area contributed by atoms with Crippen LogP contribution in [0.2, 0.25) is 0 Å². The van der Waals surface area contributed by atoms with E-state index in [1.54, 1.807) is 24.4 Å². The van der Waals surface area contributed by atoms with Crippen molar-refractivity contribution >= 4 is 17.5 Å². The predicted molar refractivity (Wildman–Crippen MR) is 93.8 cm³/mol. The number of carboxylic acids is 1. The fourth-order valence-electron chi connectivity index (χ4n) is 2.48. The number of aromatic carboxylic acids is 1. The molecule has 1 aromatic heterocycles. The van der Waals surface area contributed by atoms with E-state index in [0.29, 0.717) is 35.7 Å². The number of hydrogen-bond donors (Lipinski definition) is 3. The molecule has 0 spiro atoms. The summed E-state index contributed by atoms with van der Waals surface area (Å²) in [5.74, 6) is -0.411. The van der Waals surface area contributed by atoms with Gasteiger partial charge in [0.25, 0.3) is 0 Å². The largest absolute Gasteiger partial charge is 0.478 e. The highest BCUT2D eigenvalue weighted by Gasteiger charge is 2.40. The number of aromatic nitrogens is 1. The highest BCUT2D eigenvalue weighted by molar-refractivity contribution is 5.93. The topological polar surface area (TPSA) is 95.3 Å². The molecule has 0 aromatic carbocycles. The maximum Gasteiger partial charge on any atom is 0.337 e. The van der Waals surface area contributed by atoms with Gasteiger partial charge in [0.2, 0.25) is 0 Å². The molecular weight excluding hydrogens is 306 g/mol. The van der Waals surface area contributed by atoms with Gasteiger partial charge in [0.1, 0.15) is 5.82 Å². The maximum absolute atomic E-state index is 11.1. The van der Waals surface area contributed by atoms with E-state index in [1.807, 2.05) is 6.92 Å². The Morgan fingerprint density at radius 3 is 2.79 bits per heavy atom. The Morgan fingerprint density at radius 1 is 1.46 bits per heavy atom.